The lowest BCUT2D eigenvalue weighted by Crippen LogP contribution is -2.45. The van der Waals surface area contributed by atoms with Crippen molar-refractivity contribution in [3.05, 3.63) is 48.0 Å². The highest BCUT2D eigenvalue weighted by molar-refractivity contribution is 5.85. The van der Waals surface area contributed by atoms with Gasteiger partial charge < -0.3 is 9.84 Å². The standard InChI is InChI=1S/C17H19NO3/c19-17(20)10-15-12-21-9-8-18(15)11-14-6-3-5-13-4-1-2-7-16(13)14/h1-7,15H,8-12H2,(H,19,20). The third-order valence-corrected chi connectivity index (χ3v) is 4.01. The van der Waals surface area contributed by atoms with Crippen LogP contribution in [-0.2, 0) is 16.1 Å². The fourth-order valence-electron chi connectivity index (χ4n) is 2.94. The van der Waals surface area contributed by atoms with Gasteiger partial charge in [-0.1, -0.05) is 42.5 Å². The van der Waals surface area contributed by atoms with Gasteiger partial charge in [-0.15, -0.1) is 0 Å². The van der Waals surface area contributed by atoms with Crippen molar-refractivity contribution in [3.63, 3.8) is 0 Å². The molecule has 1 aliphatic rings. The summed E-state index contributed by atoms with van der Waals surface area (Å²) >= 11 is 0. The summed E-state index contributed by atoms with van der Waals surface area (Å²) in [6.45, 7) is 2.71. The van der Waals surface area contributed by atoms with Gasteiger partial charge in [-0.25, -0.2) is 0 Å². The highest BCUT2D eigenvalue weighted by Crippen LogP contribution is 2.22. The maximum atomic E-state index is 11.0. The van der Waals surface area contributed by atoms with Gasteiger partial charge in [0.1, 0.15) is 0 Å². The van der Waals surface area contributed by atoms with Gasteiger partial charge in [0.25, 0.3) is 0 Å². The maximum absolute atomic E-state index is 11.0. The first-order valence-electron chi connectivity index (χ1n) is 7.24. The van der Waals surface area contributed by atoms with Crippen LogP contribution in [0.5, 0.6) is 0 Å². The summed E-state index contributed by atoms with van der Waals surface area (Å²) < 4.78 is 5.43. The number of rotatable bonds is 4. The molecular weight excluding hydrogens is 266 g/mol. The average molecular weight is 285 g/mol. The molecule has 1 heterocycles. The molecule has 21 heavy (non-hydrogen) atoms. The number of nitrogens with zero attached hydrogens (tertiary/aromatic N) is 1. The van der Waals surface area contributed by atoms with Crippen LogP contribution in [0.2, 0.25) is 0 Å². The summed E-state index contributed by atoms with van der Waals surface area (Å²) in [6.07, 6.45) is 0.130. The number of carbonyl (C=O) groups is 1. The lowest BCUT2D eigenvalue weighted by molar-refractivity contribution is -0.140. The van der Waals surface area contributed by atoms with Crippen LogP contribution in [-0.4, -0.2) is 41.8 Å². The van der Waals surface area contributed by atoms with Crippen LogP contribution >= 0.6 is 0 Å². The average Bonchev–Trinajstić information content (AvgIpc) is 2.49. The molecule has 2 aromatic carbocycles. The van der Waals surface area contributed by atoms with Crippen LogP contribution in [0.15, 0.2) is 42.5 Å². The molecule has 1 unspecified atom stereocenters. The minimum Gasteiger partial charge on any atom is -0.481 e. The third-order valence-electron chi connectivity index (χ3n) is 4.01. The van der Waals surface area contributed by atoms with Crippen LogP contribution in [0, 0.1) is 0 Å². The molecule has 0 bridgehead atoms. The van der Waals surface area contributed by atoms with Crippen molar-refractivity contribution in [3.8, 4) is 0 Å². The van der Waals surface area contributed by atoms with E-state index in [1.807, 2.05) is 12.1 Å². The smallest absolute Gasteiger partial charge is 0.305 e. The first-order chi connectivity index (χ1) is 10.2. The van der Waals surface area contributed by atoms with E-state index in [1.54, 1.807) is 0 Å². The van der Waals surface area contributed by atoms with Gasteiger partial charge in [-0.05, 0) is 16.3 Å². The van der Waals surface area contributed by atoms with E-state index < -0.39 is 5.97 Å². The lowest BCUT2D eigenvalue weighted by Gasteiger charge is -2.35. The molecule has 4 nitrogen and oxygen atoms in total. The molecule has 1 N–H and O–H groups in total. The number of benzene rings is 2. The van der Waals surface area contributed by atoms with Gasteiger partial charge in [0, 0.05) is 19.1 Å². The summed E-state index contributed by atoms with van der Waals surface area (Å²) in [7, 11) is 0. The third kappa shape index (κ3) is 3.23. The monoisotopic (exact) mass is 285 g/mol. The number of hydrogen-bond donors (Lipinski definition) is 1. The van der Waals surface area contributed by atoms with Gasteiger partial charge in [-0.3, -0.25) is 9.69 Å². The molecule has 0 amide bonds. The highest BCUT2D eigenvalue weighted by Gasteiger charge is 2.25. The van der Waals surface area contributed by atoms with Crippen molar-refractivity contribution >= 4 is 16.7 Å². The Hall–Kier alpha value is -1.91. The maximum Gasteiger partial charge on any atom is 0.305 e. The van der Waals surface area contributed by atoms with E-state index in [0.29, 0.717) is 13.2 Å². The molecule has 0 aromatic heterocycles. The fourth-order valence-corrected chi connectivity index (χ4v) is 2.94. The second-order valence-corrected chi connectivity index (χ2v) is 5.44. The molecule has 110 valence electrons. The van der Waals surface area contributed by atoms with E-state index in [0.717, 1.165) is 13.1 Å². The molecule has 0 spiro atoms. The Bertz CT molecular complexity index is 635. The molecule has 0 saturated carbocycles. The summed E-state index contributed by atoms with van der Waals surface area (Å²) in [5.74, 6) is -0.770. The number of hydrogen-bond acceptors (Lipinski definition) is 3. The van der Waals surface area contributed by atoms with Crippen molar-refractivity contribution in [1.29, 1.82) is 0 Å². The molecule has 1 atom stereocenters. The van der Waals surface area contributed by atoms with E-state index in [1.165, 1.54) is 16.3 Å². The number of morpholine rings is 1. The largest absolute Gasteiger partial charge is 0.481 e. The summed E-state index contributed by atoms with van der Waals surface area (Å²) in [6, 6.07) is 14.5. The molecule has 1 aliphatic heterocycles. The lowest BCUT2D eigenvalue weighted by atomic mass is 10.0. The zero-order chi connectivity index (χ0) is 14.7. The Kier molecular flexibility index (Phi) is 4.18. The zero-order valence-corrected chi connectivity index (χ0v) is 11.9. The van der Waals surface area contributed by atoms with Crippen LogP contribution in [0.4, 0.5) is 0 Å². The molecule has 1 fully saturated rings. The van der Waals surface area contributed by atoms with Crippen molar-refractivity contribution in [1.82, 2.24) is 4.90 Å². The molecular formula is C17H19NO3. The van der Waals surface area contributed by atoms with Gasteiger partial charge in [-0.2, -0.15) is 0 Å². The fraction of sp³-hybridized carbons (Fsp3) is 0.353. The summed E-state index contributed by atoms with van der Waals surface area (Å²) in [5, 5.41) is 11.5. The minimum absolute atomic E-state index is 0.0461. The van der Waals surface area contributed by atoms with Gasteiger partial charge >= 0.3 is 5.97 Å². The van der Waals surface area contributed by atoms with Crippen LogP contribution in [0.3, 0.4) is 0 Å². The van der Waals surface area contributed by atoms with E-state index in [4.69, 9.17) is 9.84 Å². The normalized spacial score (nSPS) is 19.7. The number of fused-ring (bicyclic) bond motifs is 1. The minimum atomic E-state index is -0.770. The number of carboxylic acids is 1. The Morgan fingerprint density at radius 3 is 2.90 bits per heavy atom. The molecule has 0 radical (unpaired) electrons. The van der Waals surface area contributed by atoms with Crippen molar-refractivity contribution in [2.75, 3.05) is 19.8 Å². The SMILES string of the molecule is O=C(O)CC1COCCN1Cc1cccc2ccccc12. The molecule has 1 saturated heterocycles. The van der Waals surface area contributed by atoms with E-state index in [2.05, 4.69) is 35.2 Å². The molecule has 0 aliphatic carbocycles. The van der Waals surface area contributed by atoms with Crippen molar-refractivity contribution in [2.24, 2.45) is 0 Å². The van der Waals surface area contributed by atoms with Gasteiger partial charge in [0.15, 0.2) is 0 Å². The number of ether oxygens (including phenoxy) is 1. The predicted molar refractivity (Wildman–Crippen MR) is 81.2 cm³/mol. The number of aliphatic carboxylic acids is 1. The van der Waals surface area contributed by atoms with E-state index in [-0.39, 0.29) is 12.5 Å². The second kappa shape index (κ2) is 6.24. The van der Waals surface area contributed by atoms with Crippen LogP contribution in [0.1, 0.15) is 12.0 Å². The first-order valence-corrected chi connectivity index (χ1v) is 7.24. The quantitative estimate of drug-likeness (QED) is 0.938. The zero-order valence-electron chi connectivity index (χ0n) is 11.9. The Balaban J connectivity index is 1.84. The van der Waals surface area contributed by atoms with Crippen molar-refractivity contribution < 1.29 is 14.6 Å². The predicted octanol–water partition coefficient (Wildman–Crippen LogP) is 2.52. The highest BCUT2D eigenvalue weighted by atomic mass is 16.5. The van der Waals surface area contributed by atoms with Crippen LogP contribution in [0.25, 0.3) is 10.8 Å². The molecule has 2 aromatic rings. The Morgan fingerprint density at radius 1 is 1.24 bits per heavy atom. The van der Waals surface area contributed by atoms with Gasteiger partial charge in [0.05, 0.1) is 19.6 Å². The summed E-state index contributed by atoms with van der Waals surface area (Å²) in [5.41, 5.74) is 1.24. The number of carboxylic acid groups (broad SMARTS) is 1. The Labute approximate surface area is 123 Å². The molecule has 4 heteroatoms. The molecule has 3 rings (SSSR count). The van der Waals surface area contributed by atoms with E-state index in [9.17, 15) is 4.79 Å². The van der Waals surface area contributed by atoms with Gasteiger partial charge in [0.2, 0.25) is 0 Å². The topological polar surface area (TPSA) is 49.8 Å². The Morgan fingerprint density at radius 2 is 2.05 bits per heavy atom. The second-order valence-electron chi connectivity index (χ2n) is 5.44. The first kappa shape index (κ1) is 14.0. The summed E-state index contributed by atoms with van der Waals surface area (Å²) in [4.78, 5) is 13.2. The van der Waals surface area contributed by atoms with Crippen LogP contribution < -0.4 is 0 Å². The van der Waals surface area contributed by atoms with Crippen molar-refractivity contribution in [2.45, 2.75) is 19.0 Å². The van der Waals surface area contributed by atoms with E-state index >= 15 is 0 Å².